The minimum Gasteiger partial charge on any atom is -0.489 e. The summed E-state index contributed by atoms with van der Waals surface area (Å²) in [5.74, 6) is 0.0170. The van der Waals surface area contributed by atoms with E-state index in [1.54, 1.807) is 18.3 Å². The monoisotopic (exact) mass is 555 g/mol. The number of ether oxygens (including phenoxy) is 1. The molecule has 2 heterocycles. The quantitative estimate of drug-likeness (QED) is 0.356. The van der Waals surface area contributed by atoms with E-state index in [-0.39, 0.29) is 10.7 Å². The second-order valence-electron chi connectivity index (χ2n) is 7.76. The van der Waals surface area contributed by atoms with Crippen molar-refractivity contribution in [2.75, 3.05) is 19.0 Å². The number of carboxylic acid groups (broad SMARTS) is 1. The zero-order valence-corrected chi connectivity index (χ0v) is 20.5. The van der Waals surface area contributed by atoms with Crippen LogP contribution in [0.25, 0.3) is 5.65 Å². The van der Waals surface area contributed by atoms with Crippen molar-refractivity contribution in [1.82, 2.24) is 14.3 Å². The Morgan fingerprint density at radius 1 is 1.42 bits per heavy atom. The number of halogens is 3. The van der Waals surface area contributed by atoms with Gasteiger partial charge < -0.3 is 20.9 Å². The van der Waals surface area contributed by atoms with E-state index in [1.165, 1.54) is 17.6 Å². The van der Waals surface area contributed by atoms with Crippen molar-refractivity contribution in [3.63, 3.8) is 0 Å². The van der Waals surface area contributed by atoms with Gasteiger partial charge in [0, 0.05) is 11.5 Å². The number of hydrogen-bond acceptors (Lipinski definition) is 5. The topological polar surface area (TPSA) is 122 Å². The molecule has 0 spiro atoms. The first-order valence-electron chi connectivity index (χ1n) is 9.96. The van der Waals surface area contributed by atoms with Crippen LogP contribution in [0.4, 0.5) is 16.2 Å². The minimum absolute atomic E-state index is 0.217. The minimum atomic E-state index is -1.31. The number of hydrogen-bond donors (Lipinski definition) is 3. The number of nitrogens with one attached hydrogen (secondary N) is 1. The Bertz CT molecular complexity index is 1250. The third-order valence-corrected chi connectivity index (χ3v) is 6.50. The number of likely N-dealkylation sites (N-methyl/N-ethyl adjacent to an activating group) is 1. The summed E-state index contributed by atoms with van der Waals surface area (Å²) in [4.78, 5) is 28.8. The summed E-state index contributed by atoms with van der Waals surface area (Å²) in [6, 6.07) is 4.09. The fourth-order valence-corrected chi connectivity index (χ4v) is 4.37. The highest BCUT2D eigenvalue weighted by molar-refractivity contribution is 9.10. The number of amides is 2. The van der Waals surface area contributed by atoms with Crippen LogP contribution in [0, 0.1) is 5.92 Å². The first kappa shape index (κ1) is 23.5. The molecule has 4 N–H and O–H groups in total. The zero-order chi connectivity index (χ0) is 23.9. The smallest absolute Gasteiger partial charge is 0.408 e. The van der Waals surface area contributed by atoms with Gasteiger partial charge in [0.15, 0.2) is 17.4 Å². The van der Waals surface area contributed by atoms with Gasteiger partial charge in [-0.1, -0.05) is 39.1 Å². The van der Waals surface area contributed by atoms with E-state index in [4.69, 9.17) is 33.7 Å². The number of nitrogens with two attached hydrogens (primary N) is 1. The molecule has 1 saturated carbocycles. The Morgan fingerprint density at radius 2 is 2.15 bits per heavy atom. The number of primary amides is 1. The molecule has 2 amide bonds. The van der Waals surface area contributed by atoms with Gasteiger partial charge in [0.1, 0.15) is 10.7 Å². The Balaban J connectivity index is 1.84. The molecule has 1 atom stereocenters. The van der Waals surface area contributed by atoms with Crippen molar-refractivity contribution >= 4 is 68.2 Å². The summed E-state index contributed by atoms with van der Waals surface area (Å²) in [7, 11) is 1.26. The molecule has 0 radical (unpaired) electrons. The van der Waals surface area contributed by atoms with Crippen molar-refractivity contribution in [2.24, 2.45) is 11.7 Å². The van der Waals surface area contributed by atoms with Crippen LogP contribution in [-0.4, -0.2) is 45.0 Å². The first-order chi connectivity index (χ1) is 15.7. The van der Waals surface area contributed by atoms with Gasteiger partial charge in [-0.25, -0.2) is 9.78 Å². The van der Waals surface area contributed by atoms with Gasteiger partial charge in [-0.2, -0.15) is 0 Å². The number of carbonyl (C=O) groups excluding carboxylic acids is 1. The van der Waals surface area contributed by atoms with Gasteiger partial charge in [0.2, 0.25) is 5.91 Å². The van der Waals surface area contributed by atoms with Crippen LogP contribution in [0.2, 0.25) is 10.0 Å². The lowest BCUT2D eigenvalue weighted by Gasteiger charge is -2.23. The Labute approximate surface area is 207 Å². The number of aromatic nitrogens is 2. The Hall–Kier alpha value is -2.69. The van der Waals surface area contributed by atoms with Crippen LogP contribution in [0.5, 0.6) is 5.75 Å². The molecule has 0 aliphatic heterocycles. The molecular weight excluding hydrogens is 537 g/mol. The molecule has 9 nitrogen and oxygen atoms in total. The average molecular weight is 557 g/mol. The lowest BCUT2D eigenvalue weighted by Crippen LogP contribution is -2.39. The number of fused-ring (bicyclic) bond motifs is 1. The van der Waals surface area contributed by atoms with Gasteiger partial charge in [-0.05, 0) is 37.0 Å². The van der Waals surface area contributed by atoms with Gasteiger partial charge in [-0.15, -0.1) is 0 Å². The van der Waals surface area contributed by atoms with Crippen LogP contribution >= 0.6 is 39.1 Å². The molecule has 1 aliphatic rings. The van der Waals surface area contributed by atoms with E-state index in [0.717, 1.165) is 22.2 Å². The number of imidazole rings is 1. The molecule has 4 rings (SSSR count). The van der Waals surface area contributed by atoms with Crippen molar-refractivity contribution in [1.29, 1.82) is 0 Å². The van der Waals surface area contributed by atoms with E-state index >= 15 is 0 Å². The lowest BCUT2D eigenvalue weighted by atomic mass is 10.2. The molecule has 1 aliphatic carbocycles. The molecule has 0 bridgehead atoms. The number of nitrogens with zero attached hydrogens (tertiary/aromatic N) is 3. The van der Waals surface area contributed by atoms with Gasteiger partial charge >= 0.3 is 6.09 Å². The van der Waals surface area contributed by atoms with Crippen LogP contribution in [0.1, 0.15) is 24.6 Å². The fourth-order valence-electron chi connectivity index (χ4n) is 3.37. The summed E-state index contributed by atoms with van der Waals surface area (Å²) >= 11 is 16.5. The van der Waals surface area contributed by atoms with E-state index in [1.807, 2.05) is 6.07 Å². The number of benzene rings is 1. The van der Waals surface area contributed by atoms with Crippen molar-refractivity contribution in [2.45, 2.75) is 18.9 Å². The summed E-state index contributed by atoms with van der Waals surface area (Å²) < 4.78 is 8.41. The summed E-state index contributed by atoms with van der Waals surface area (Å²) in [5, 5.41) is 13.3. The van der Waals surface area contributed by atoms with Crippen molar-refractivity contribution in [3.05, 3.63) is 50.8 Å². The van der Waals surface area contributed by atoms with Crippen molar-refractivity contribution < 1.29 is 19.4 Å². The van der Waals surface area contributed by atoms with E-state index in [2.05, 4.69) is 26.2 Å². The summed E-state index contributed by atoms with van der Waals surface area (Å²) in [6.07, 6.45) is 3.85. The molecule has 33 heavy (non-hydrogen) atoms. The maximum absolute atomic E-state index is 12.1. The Morgan fingerprint density at radius 3 is 2.76 bits per heavy atom. The summed E-state index contributed by atoms with van der Waals surface area (Å²) in [6.45, 7) is 0.489. The molecule has 174 valence electrons. The zero-order valence-electron chi connectivity index (χ0n) is 17.4. The number of carbonyl (C=O) groups is 2. The van der Waals surface area contributed by atoms with Gasteiger partial charge in [0.25, 0.3) is 0 Å². The molecule has 1 aromatic carbocycles. The van der Waals surface area contributed by atoms with Crippen LogP contribution in [0.3, 0.4) is 0 Å². The predicted octanol–water partition coefficient (Wildman–Crippen LogP) is 5.07. The third kappa shape index (κ3) is 4.83. The van der Waals surface area contributed by atoms with E-state index in [9.17, 15) is 14.7 Å². The lowest BCUT2D eigenvalue weighted by molar-refractivity contribution is -0.122. The van der Waals surface area contributed by atoms with Crippen LogP contribution in [0.15, 0.2) is 35.1 Å². The molecule has 3 aromatic rings. The average Bonchev–Trinajstić information content (AvgIpc) is 3.49. The number of rotatable bonds is 8. The number of anilines is 2. The Kier molecular flexibility index (Phi) is 6.60. The normalized spacial score (nSPS) is 14.2. The van der Waals surface area contributed by atoms with E-state index < -0.39 is 18.0 Å². The van der Waals surface area contributed by atoms with Crippen LogP contribution in [-0.2, 0) is 4.79 Å². The van der Waals surface area contributed by atoms with Gasteiger partial charge in [-0.3, -0.25) is 14.1 Å². The van der Waals surface area contributed by atoms with E-state index in [0.29, 0.717) is 40.3 Å². The molecule has 1 unspecified atom stereocenters. The maximum atomic E-state index is 12.1. The molecule has 12 heteroatoms. The number of pyridine rings is 1. The fraction of sp³-hybridized carbons (Fsp3) is 0.286. The standard InChI is InChI=1S/C21H20BrCl2N5O4/c1-28(21(31)32)18(19(25)30)14-7-26-20-16(24)17(27-13-5-4-11(22)6-12(13)23)15(8-29(14)20)33-9-10-2-3-10/h4-8,10,18,27H,2-3,9H2,1H3,(H2,25,30)(H,31,32). The molecule has 2 aromatic heterocycles. The van der Waals surface area contributed by atoms with Crippen molar-refractivity contribution in [3.8, 4) is 5.75 Å². The van der Waals surface area contributed by atoms with Gasteiger partial charge in [0.05, 0.1) is 35.4 Å². The first-order valence-corrected chi connectivity index (χ1v) is 11.5. The summed E-state index contributed by atoms with van der Waals surface area (Å²) in [5.41, 5.74) is 7.12. The largest absolute Gasteiger partial charge is 0.489 e. The highest BCUT2D eigenvalue weighted by Gasteiger charge is 2.31. The SMILES string of the molecule is CN(C(=O)O)C(C(N)=O)c1cnc2c(Cl)c(Nc3ccc(Br)cc3Cl)c(OCC3CC3)cn12. The highest BCUT2D eigenvalue weighted by Crippen LogP contribution is 2.41. The maximum Gasteiger partial charge on any atom is 0.408 e. The third-order valence-electron chi connectivity index (χ3n) is 5.33. The highest BCUT2D eigenvalue weighted by atomic mass is 79.9. The molecule has 0 saturated heterocycles. The molecule has 1 fully saturated rings. The second kappa shape index (κ2) is 9.28. The molecular formula is C21H20BrCl2N5O4. The predicted molar refractivity (Wildman–Crippen MR) is 129 cm³/mol. The second-order valence-corrected chi connectivity index (χ2v) is 9.46. The van der Waals surface area contributed by atoms with Crippen LogP contribution < -0.4 is 15.8 Å².